The molecule has 0 aliphatic heterocycles. The molecule has 1 aliphatic rings. The highest BCUT2D eigenvalue weighted by molar-refractivity contribution is 8.03. The number of methoxy groups -OCH3 is 1. The third-order valence-corrected chi connectivity index (χ3v) is 8.19. The number of rotatable bonds is 16. The van der Waals surface area contributed by atoms with Crippen molar-refractivity contribution in [2.24, 2.45) is 0 Å². The zero-order valence-corrected chi connectivity index (χ0v) is 28.9. The van der Waals surface area contributed by atoms with Crippen LogP contribution in [0.2, 0.25) is 0 Å². The summed E-state index contributed by atoms with van der Waals surface area (Å²) in [5.74, 6) is -5.91. The third-order valence-electron chi connectivity index (χ3n) is 7.02. The Kier molecular flexibility index (Phi) is 13.4. The minimum absolute atomic E-state index is 0.0258. The minimum Gasteiger partial charge on any atom is -0.497 e. The quantitative estimate of drug-likeness (QED) is 0.0863. The Bertz CT molecular complexity index is 1780. The van der Waals surface area contributed by atoms with Gasteiger partial charge in [0.2, 0.25) is 5.78 Å². The van der Waals surface area contributed by atoms with E-state index in [4.69, 9.17) is 28.4 Å². The van der Waals surface area contributed by atoms with Gasteiger partial charge in [0.15, 0.2) is 29.7 Å². The molecule has 1 aliphatic carbocycles. The van der Waals surface area contributed by atoms with Gasteiger partial charge in [0.1, 0.15) is 41.4 Å². The van der Waals surface area contributed by atoms with Crippen LogP contribution in [-0.4, -0.2) is 82.3 Å². The molecule has 4 rings (SSSR count). The van der Waals surface area contributed by atoms with Crippen molar-refractivity contribution in [3.05, 3.63) is 83.2 Å². The van der Waals surface area contributed by atoms with Crippen molar-refractivity contribution in [2.45, 2.75) is 64.1 Å². The first-order valence-electron chi connectivity index (χ1n) is 15.3. The SMILES string of the molecule is COc1ccc(OC2C=CC(SC(OC(COC(C)=O)[C@@H](C)OC(C)=O)[C@H](Cn3cc(-c4cc(F)c(F)c(F)c4)nn3)OC(C)=O)=CC2=O)cc1. The van der Waals surface area contributed by atoms with Crippen LogP contribution in [0.5, 0.6) is 11.5 Å². The third kappa shape index (κ3) is 11.2. The van der Waals surface area contributed by atoms with Gasteiger partial charge in [-0.3, -0.25) is 19.2 Å². The van der Waals surface area contributed by atoms with E-state index in [0.717, 1.165) is 30.8 Å². The first-order chi connectivity index (χ1) is 24.2. The van der Waals surface area contributed by atoms with Crippen LogP contribution < -0.4 is 9.47 Å². The second-order valence-electron chi connectivity index (χ2n) is 11.0. The van der Waals surface area contributed by atoms with E-state index in [0.29, 0.717) is 16.4 Å². The molecular weight excluding hydrogens is 699 g/mol. The zero-order chi connectivity index (χ0) is 37.2. The van der Waals surface area contributed by atoms with Gasteiger partial charge in [-0.2, -0.15) is 0 Å². The fourth-order valence-corrected chi connectivity index (χ4v) is 5.74. The Morgan fingerprint density at radius 3 is 2.18 bits per heavy atom. The van der Waals surface area contributed by atoms with E-state index in [1.807, 2.05) is 0 Å². The molecule has 0 saturated heterocycles. The number of ketones is 1. The molecule has 17 heteroatoms. The highest BCUT2D eigenvalue weighted by atomic mass is 32.2. The van der Waals surface area contributed by atoms with Gasteiger partial charge in [0.25, 0.3) is 0 Å². The maximum Gasteiger partial charge on any atom is 0.303 e. The van der Waals surface area contributed by atoms with Crippen molar-refractivity contribution >= 4 is 35.5 Å². The number of halogens is 3. The molecule has 51 heavy (non-hydrogen) atoms. The topological polar surface area (TPSA) is 154 Å². The summed E-state index contributed by atoms with van der Waals surface area (Å²) in [7, 11) is 1.52. The number of esters is 3. The van der Waals surface area contributed by atoms with E-state index in [1.54, 1.807) is 30.3 Å². The lowest BCUT2D eigenvalue weighted by Crippen LogP contribution is -2.43. The van der Waals surface area contributed by atoms with Gasteiger partial charge >= 0.3 is 17.9 Å². The van der Waals surface area contributed by atoms with Gasteiger partial charge in [-0.15, -0.1) is 5.10 Å². The highest BCUT2D eigenvalue weighted by Crippen LogP contribution is 2.33. The van der Waals surface area contributed by atoms with E-state index >= 15 is 0 Å². The Hall–Kier alpha value is -5.16. The number of carbonyl (C=O) groups excluding carboxylic acids is 4. The van der Waals surface area contributed by atoms with E-state index in [-0.39, 0.29) is 24.4 Å². The number of nitrogens with zero attached hydrogens (tertiary/aromatic N) is 3. The van der Waals surface area contributed by atoms with Crippen LogP contribution in [0, 0.1) is 17.5 Å². The first-order valence-corrected chi connectivity index (χ1v) is 16.2. The predicted molar refractivity (Wildman–Crippen MR) is 175 cm³/mol. The Morgan fingerprint density at radius 2 is 1.59 bits per heavy atom. The van der Waals surface area contributed by atoms with E-state index in [2.05, 4.69) is 10.3 Å². The van der Waals surface area contributed by atoms with Crippen molar-refractivity contribution in [1.82, 2.24) is 15.0 Å². The van der Waals surface area contributed by atoms with Crippen LogP contribution in [0.1, 0.15) is 27.7 Å². The summed E-state index contributed by atoms with van der Waals surface area (Å²) in [5.41, 5.74) is -1.33. The second kappa shape index (κ2) is 17.7. The summed E-state index contributed by atoms with van der Waals surface area (Å²) in [6, 6.07) is 8.15. The largest absolute Gasteiger partial charge is 0.497 e. The lowest BCUT2D eigenvalue weighted by Gasteiger charge is -2.32. The number of hydrogen-bond acceptors (Lipinski definition) is 13. The second-order valence-corrected chi connectivity index (χ2v) is 12.2. The lowest BCUT2D eigenvalue weighted by atomic mass is 10.1. The number of aromatic nitrogens is 3. The summed E-state index contributed by atoms with van der Waals surface area (Å²) in [5, 5.41) is 7.87. The van der Waals surface area contributed by atoms with Crippen LogP contribution in [0.3, 0.4) is 0 Å². The van der Waals surface area contributed by atoms with E-state index in [1.165, 1.54) is 50.9 Å². The van der Waals surface area contributed by atoms with Gasteiger partial charge in [0, 0.05) is 31.2 Å². The van der Waals surface area contributed by atoms with Crippen LogP contribution in [-0.2, 0) is 44.7 Å². The van der Waals surface area contributed by atoms with Gasteiger partial charge < -0.3 is 28.4 Å². The fourth-order valence-electron chi connectivity index (χ4n) is 4.64. The zero-order valence-electron chi connectivity index (χ0n) is 28.0. The summed E-state index contributed by atoms with van der Waals surface area (Å²) < 4.78 is 76.0. The molecule has 3 unspecified atom stereocenters. The normalized spacial score (nSPS) is 16.4. The van der Waals surface area contributed by atoms with Gasteiger partial charge in [-0.1, -0.05) is 17.0 Å². The van der Waals surface area contributed by atoms with Gasteiger partial charge in [-0.05, 0) is 61.5 Å². The van der Waals surface area contributed by atoms with Crippen molar-refractivity contribution in [2.75, 3.05) is 13.7 Å². The molecule has 0 bridgehead atoms. The Labute approximate surface area is 294 Å². The fraction of sp³-hybridized carbons (Fsp3) is 0.353. The van der Waals surface area contributed by atoms with Gasteiger partial charge in [-0.25, -0.2) is 17.9 Å². The average molecular weight is 734 g/mol. The van der Waals surface area contributed by atoms with Crippen LogP contribution in [0.25, 0.3) is 11.3 Å². The van der Waals surface area contributed by atoms with E-state index < -0.39 is 71.0 Å². The number of carbonyl (C=O) groups is 4. The van der Waals surface area contributed by atoms with Gasteiger partial charge in [0.05, 0.1) is 19.9 Å². The van der Waals surface area contributed by atoms with Crippen LogP contribution in [0.4, 0.5) is 13.2 Å². The minimum atomic E-state index is -1.65. The molecule has 0 amide bonds. The monoisotopic (exact) mass is 733 g/mol. The molecule has 272 valence electrons. The molecule has 0 saturated carbocycles. The standard InChI is InChI=1S/C34H34F3N3O10S/c1-18(47-20(3)42)32(17-46-19(2)41)50-34(51-25-10-11-30(29(44)14-25)49-24-8-6-23(45-5)7-9-24)31(48-21(4)43)16-40-15-28(38-39-40)22-12-26(35)33(37)27(36)13-22/h6-15,18,30-32,34H,16-17H2,1-5H3/t18-,30?,31+,32?,34?/m1/s1. The van der Waals surface area contributed by atoms with Crippen molar-refractivity contribution in [3.63, 3.8) is 0 Å². The molecule has 0 spiro atoms. The lowest BCUT2D eigenvalue weighted by molar-refractivity contribution is -0.170. The smallest absolute Gasteiger partial charge is 0.303 e. The molecule has 1 heterocycles. The molecule has 3 aromatic rings. The summed E-state index contributed by atoms with van der Waals surface area (Å²) in [4.78, 5) is 49.4. The van der Waals surface area contributed by atoms with Crippen LogP contribution in [0.15, 0.2) is 65.7 Å². The molecule has 0 fully saturated rings. The molecule has 1 aromatic heterocycles. The molecular formula is C34H34F3N3O10S. The molecule has 2 aromatic carbocycles. The Balaban J connectivity index is 1.64. The maximum atomic E-state index is 13.9. The van der Waals surface area contributed by atoms with Crippen LogP contribution >= 0.6 is 11.8 Å². The van der Waals surface area contributed by atoms with E-state index in [9.17, 15) is 32.3 Å². The molecule has 5 atom stereocenters. The number of allylic oxidation sites excluding steroid dienone is 1. The van der Waals surface area contributed by atoms with Crippen molar-refractivity contribution in [1.29, 1.82) is 0 Å². The average Bonchev–Trinajstić information content (AvgIpc) is 3.54. The predicted octanol–water partition coefficient (Wildman–Crippen LogP) is 4.73. The summed E-state index contributed by atoms with van der Waals surface area (Å²) in [6.45, 7) is 4.39. The highest BCUT2D eigenvalue weighted by Gasteiger charge is 2.35. The van der Waals surface area contributed by atoms with Crippen molar-refractivity contribution in [3.8, 4) is 22.8 Å². The number of benzene rings is 2. The maximum absolute atomic E-state index is 13.9. The number of ether oxygens (including phenoxy) is 6. The van der Waals surface area contributed by atoms with Crippen molar-refractivity contribution < 1.29 is 60.8 Å². The number of thioether (sulfide) groups is 1. The summed E-state index contributed by atoms with van der Waals surface area (Å²) >= 11 is 0.958. The Morgan fingerprint density at radius 1 is 0.941 bits per heavy atom. The number of hydrogen-bond donors (Lipinski definition) is 0. The summed E-state index contributed by atoms with van der Waals surface area (Å²) in [6.07, 6.45) is 1.48. The molecule has 0 N–H and O–H groups in total. The molecule has 0 radical (unpaired) electrons. The first kappa shape index (κ1) is 38.6. The molecule has 13 nitrogen and oxygen atoms in total.